The van der Waals surface area contributed by atoms with E-state index in [9.17, 15) is 14.0 Å². The van der Waals surface area contributed by atoms with Gasteiger partial charge in [-0.15, -0.1) is 11.8 Å². The van der Waals surface area contributed by atoms with E-state index in [1.54, 1.807) is 36.4 Å². The van der Waals surface area contributed by atoms with Gasteiger partial charge in [-0.2, -0.15) is 0 Å². The summed E-state index contributed by atoms with van der Waals surface area (Å²) >= 11 is 4.62. The molecule has 0 heterocycles. The van der Waals surface area contributed by atoms with Gasteiger partial charge in [0.05, 0.1) is 11.4 Å². The topological polar surface area (TPSA) is 58.2 Å². The Kier molecular flexibility index (Phi) is 6.81. The summed E-state index contributed by atoms with van der Waals surface area (Å²) in [4.78, 5) is 23.8. The maximum atomic E-state index is 13.5. The third kappa shape index (κ3) is 5.65. The largest absolute Gasteiger partial charge is 0.325 e. The van der Waals surface area contributed by atoms with Crippen LogP contribution < -0.4 is 10.6 Å². The first-order chi connectivity index (χ1) is 11.5. The van der Waals surface area contributed by atoms with E-state index in [0.29, 0.717) is 22.0 Å². The van der Waals surface area contributed by atoms with E-state index in [-0.39, 0.29) is 24.1 Å². The highest BCUT2D eigenvalue weighted by Crippen LogP contribution is 2.27. The van der Waals surface area contributed by atoms with Gasteiger partial charge in [0.1, 0.15) is 5.82 Å². The van der Waals surface area contributed by atoms with Gasteiger partial charge in [0.2, 0.25) is 11.8 Å². The molecule has 2 aromatic rings. The van der Waals surface area contributed by atoms with Crippen LogP contribution in [-0.2, 0) is 9.59 Å². The van der Waals surface area contributed by atoms with Crippen LogP contribution in [0.1, 0.15) is 13.3 Å². The SMILES string of the molecule is CC(=O)Nc1ccc(Br)cc1NC(=O)CCSc1ccccc1F. The minimum absolute atomic E-state index is 0.205. The van der Waals surface area contributed by atoms with Crippen LogP contribution in [0.5, 0.6) is 0 Å². The molecule has 0 bridgehead atoms. The molecule has 126 valence electrons. The smallest absolute Gasteiger partial charge is 0.225 e. The number of carbonyl (C=O) groups is 2. The molecule has 0 radical (unpaired) electrons. The van der Waals surface area contributed by atoms with Crippen molar-refractivity contribution in [1.29, 1.82) is 0 Å². The van der Waals surface area contributed by atoms with Crippen LogP contribution >= 0.6 is 27.7 Å². The van der Waals surface area contributed by atoms with Crippen molar-refractivity contribution in [3.8, 4) is 0 Å². The first kappa shape index (κ1) is 18.5. The van der Waals surface area contributed by atoms with Crippen molar-refractivity contribution in [2.75, 3.05) is 16.4 Å². The Morgan fingerprint density at radius 3 is 2.58 bits per heavy atom. The third-order valence-electron chi connectivity index (χ3n) is 2.99. The summed E-state index contributed by atoms with van der Waals surface area (Å²) in [5, 5.41) is 5.43. The Bertz CT molecular complexity index is 755. The lowest BCUT2D eigenvalue weighted by Crippen LogP contribution is -2.15. The summed E-state index contributed by atoms with van der Waals surface area (Å²) in [5.74, 6) is -0.259. The molecule has 2 amide bonds. The number of halogens is 2. The summed E-state index contributed by atoms with van der Waals surface area (Å²) in [6.45, 7) is 1.40. The fraction of sp³-hybridized carbons (Fsp3) is 0.176. The first-order valence-electron chi connectivity index (χ1n) is 7.20. The lowest BCUT2D eigenvalue weighted by Gasteiger charge is -2.12. The number of anilines is 2. The maximum Gasteiger partial charge on any atom is 0.225 e. The zero-order valence-corrected chi connectivity index (χ0v) is 15.3. The van der Waals surface area contributed by atoms with E-state index in [4.69, 9.17) is 0 Å². The zero-order valence-electron chi connectivity index (χ0n) is 12.9. The van der Waals surface area contributed by atoms with Crippen molar-refractivity contribution >= 4 is 50.9 Å². The van der Waals surface area contributed by atoms with Gasteiger partial charge >= 0.3 is 0 Å². The van der Waals surface area contributed by atoms with Crippen LogP contribution in [-0.4, -0.2) is 17.6 Å². The number of hydrogen-bond acceptors (Lipinski definition) is 3. The number of rotatable bonds is 6. The molecule has 0 atom stereocenters. The van der Waals surface area contributed by atoms with Crippen molar-refractivity contribution in [2.45, 2.75) is 18.2 Å². The number of benzene rings is 2. The lowest BCUT2D eigenvalue weighted by molar-refractivity contribution is -0.116. The van der Waals surface area contributed by atoms with E-state index in [2.05, 4.69) is 26.6 Å². The molecular formula is C17H16BrFN2O2S. The molecule has 0 saturated heterocycles. The standard InChI is InChI=1S/C17H16BrFN2O2S/c1-11(22)20-14-7-6-12(18)10-15(14)21-17(23)8-9-24-16-5-3-2-4-13(16)19/h2-7,10H,8-9H2,1H3,(H,20,22)(H,21,23). The molecule has 2 N–H and O–H groups in total. The Morgan fingerprint density at radius 1 is 1.12 bits per heavy atom. The number of hydrogen-bond donors (Lipinski definition) is 2. The van der Waals surface area contributed by atoms with Gasteiger partial charge in [0, 0.05) is 28.5 Å². The van der Waals surface area contributed by atoms with Crippen molar-refractivity contribution in [1.82, 2.24) is 0 Å². The molecule has 0 unspecified atom stereocenters. The molecule has 0 aliphatic carbocycles. The molecule has 0 saturated carbocycles. The number of nitrogens with one attached hydrogen (secondary N) is 2. The third-order valence-corrected chi connectivity index (χ3v) is 4.53. The highest BCUT2D eigenvalue weighted by atomic mass is 79.9. The first-order valence-corrected chi connectivity index (χ1v) is 8.98. The summed E-state index contributed by atoms with van der Waals surface area (Å²) < 4.78 is 14.3. The van der Waals surface area contributed by atoms with E-state index in [1.807, 2.05) is 0 Å². The van der Waals surface area contributed by atoms with Crippen LogP contribution in [0.4, 0.5) is 15.8 Å². The van der Waals surface area contributed by atoms with Crippen LogP contribution in [0, 0.1) is 5.82 Å². The molecule has 2 rings (SSSR count). The molecule has 24 heavy (non-hydrogen) atoms. The lowest BCUT2D eigenvalue weighted by atomic mass is 10.2. The van der Waals surface area contributed by atoms with E-state index in [0.717, 1.165) is 4.47 Å². The number of thioether (sulfide) groups is 1. The minimum atomic E-state index is -0.289. The Labute approximate surface area is 152 Å². The highest BCUT2D eigenvalue weighted by molar-refractivity contribution is 9.10. The zero-order chi connectivity index (χ0) is 17.5. The van der Waals surface area contributed by atoms with E-state index in [1.165, 1.54) is 24.8 Å². The molecule has 0 spiro atoms. The fourth-order valence-electron chi connectivity index (χ4n) is 1.95. The summed E-state index contributed by atoms with van der Waals surface area (Å²) in [6.07, 6.45) is 0.227. The van der Waals surface area contributed by atoms with Crippen molar-refractivity contribution in [3.63, 3.8) is 0 Å². The van der Waals surface area contributed by atoms with Gasteiger partial charge in [-0.3, -0.25) is 9.59 Å². The molecule has 0 fully saturated rings. The normalized spacial score (nSPS) is 10.3. The van der Waals surface area contributed by atoms with Gasteiger partial charge in [-0.25, -0.2) is 4.39 Å². The average molecular weight is 411 g/mol. The molecule has 2 aromatic carbocycles. The Balaban J connectivity index is 1.93. The van der Waals surface area contributed by atoms with Crippen molar-refractivity contribution in [2.24, 2.45) is 0 Å². The quantitative estimate of drug-likeness (QED) is 0.680. The second-order valence-corrected chi connectivity index (χ2v) is 7.00. The summed E-state index contributed by atoms with van der Waals surface area (Å²) in [5.41, 5.74) is 1.04. The van der Waals surface area contributed by atoms with Gasteiger partial charge in [-0.05, 0) is 30.3 Å². The van der Waals surface area contributed by atoms with Gasteiger partial charge < -0.3 is 10.6 Å². The second-order valence-electron chi connectivity index (χ2n) is 4.95. The van der Waals surface area contributed by atoms with Crippen LogP contribution in [0.25, 0.3) is 0 Å². The molecular weight excluding hydrogens is 395 g/mol. The van der Waals surface area contributed by atoms with Crippen LogP contribution in [0.15, 0.2) is 51.8 Å². The number of amides is 2. The van der Waals surface area contributed by atoms with Crippen LogP contribution in [0.2, 0.25) is 0 Å². The van der Waals surface area contributed by atoms with Gasteiger partial charge in [0.25, 0.3) is 0 Å². The average Bonchev–Trinajstić information content (AvgIpc) is 2.51. The predicted molar refractivity (Wildman–Crippen MR) is 98.8 cm³/mol. The molecule has 0 aliphatic heterocycles. The van der Waals surface area contributed by atoms with Crippen molar-refractivity contribution < 1.29 is 14.0 Å². The van der Waals surface area contributed by atoms with Gasteiger partial charge in [-0.1, -0.05) is 28.1 Å². The van der Waals surface area contributed by atoms with Gasteiger partial charge in [0.15, 0.2) is 0 Å². The maximum absolute atomic E-state index is 13.5. The monoisotopic (exact) mass is 410 g/mol. The molecule has 4 nitrogen and oxygen atoms in total. The fourth-order valence-corrected chi connectivity index (χ4v) is 3.20. The van der Waals surface area contributed by atoms with E-state index >= 15 is 0 Å². The molecule has 0 aromatic heterocycles. The molecule has 0 aliphatic rings. The van der Waals surface area contributed by atoms with Crippen LogP contribution in [0.3, 0.4) is 0 Å². The van der Waals surface area contributed by atoms with E-state index < -0.39 is 0 Å². The summed E-state index contributed by atoms with van der Waals surface area (Å²) in [7, 11) is 0. The molecule has 7 heteroatoms. The second kappa shape index (κ2) is 8.84. The number of carbonyl (C=O) groups excluding carboxylic acids is 2. The Morgan fingerprint density at radius 2 is 1.88 bits per heavy atom. The summed E-state index contributed by atoms with van der Waals surface area (Å²) in [6, 6.07) is 11.7. The Hall–Kier alpha value is -1.86. The minimum Gasteiger partial charge on any atom is -0.325 e. The highest BCUT2D eigenvalue weighted by Gasteiger charge is 2.10. The predicted octanol–water partition coefficient (Wildman–Crippen LogP) is 4.67. The van der Waals surface area contributed by atoms with Crippen molar-refractivity contribution in [3.05, 3.63) is 52.8 Å².